The van der Waals surface area contributed by atoms with Crippen LogP contribution in [0.1, 0.15) is 31.4 Å². The number of amides is 2. The van der Waals surface area contributed by atoms with Crippen molar-refractivity contribution in [3.05, 3.63) is 30.0 Å². The molecule has 5 nitrogen and oxygen atoms in total. The Morgan fingerprint density at radius 2 is 2.30 bits per heavy atom. The zero-order valence-corrected chi connectivity index (χ0v) is 13.8. The average Bonchev–Trinajstić information content (AvgIpc) is 3.16. The Bertz CT molecular complexity index is 674. The van der Waals surface area contributed by atoms with Gasteiger partial charge in [0, 0.05) is 25.6 Å². The first kappa shape index (κ1) is 15.9. The Kier molecular flexibility index (Phi) is 4.86. The number of hydrogen-bond donors (Lipinski definition) is 1. The number of benzene rings is 1. The lowest BCUT2D eigenvalue weighted by Crippen LogP contribution is -2.32. The van der Waals surface area contributed by atoms with E-state index in [0.717, 1.165) is 55.6 Å². The topological polar surface area (TPSA) is 54.7 Å². The van der Waals surface area contributed by atoms with Crippen molar-refractivity contribution in [1.29, 1.82) is 0 Å². The summed E-state index contributed by atoms with van der Waals surface area (Å²) in [5, 5.41) is 3.94. The van der Waals surface area contributed by atoms with Crippen molar-refractivity contribution in [2.24, 2.45) is 0 Å². The minimum absolute atomic E-state index is 0.112. The number of para-hydroxylation sites is 1. The molecule has 0 aliphatic carbocycles. The molecule has 1 N–H and O–H groups in total. The minimum Gasteiger partial charge on any atom is -0.459 e. The standard InChI is InChI=1S/C18H24N2O3/c1-13-12-14-6-3-9-16(17(14)23-13)19-18(21)20(2)10-4-7-15-8-5-11-22-15/h3,6,9,12,15H,4-5,7-8,10-11H2,1-2H3,(H,19,21). The lowest BCUT2D eigenvalue weighted by molar-refractivity contribution is 0.101. The molecule has 0 radical (unpaired) electrons. The van der Waals surface area contributed by atoms with Crippen molar-refractivity contribution in [2.75, 3.05) is 25.5 Å². The van der Waals surface area contributed by atoms with E-state index in [4.69, 9.17) is 9.15 Å². The van der Waals surface area contributed by atoms with Gasteiger partial charge in [0.25, 0.3) is 0 Å². The van der Waals surface area contributed by atoms with E-state index in [-0.39, 0.29) is 6.03 Å². The first-order valence-electron chi connectivity index (χ1n) is 8.26. The minimum atomic E-state index is -0.112. The highest BCUT2D eigenvalue weighted by Crippen LogP contribution is 2.26. The summed E-state index contributed by atoms with van der Waals surface area (Å²) in [6.45, 7) is 3.51. The summed E-state index contributed by atoms with van der Waals surface area (Å²) < 4.78 is 11.3. The number of fused-ring (bicyclic) bond motifs is 1. The van der Waals surface area contributed by atoms with Crippen LogP contribution in [0.25, 0.3) is 11.0 Å². The Morgan fingerprint density at radius 3 is 3.09 bits per heavy atom. The predicted octanol–water partition coefficient (Wildman–Crippen LogP) is 4.16. The third-order valence-corrected chi connectivity index (χ3v) is 4.30. The third kappa shape index (κ3) is 3.85. The van der Waals surface area contributed by atoms with Gasteiger partial charge < -0.3 is 19.4 Å². The summed E-state index contributed by atoms with van der Waals surface area (Å²) >= 11 is 0. The SMILES string of the molecule is Cc1cc2cccc(NC(=O)N(C)CCCC3CCCO3)c2o1. The second-order valence-electron chi connectivity index (χ2n) is 6.21. The van der Waals surface area contributed by atoms with Gasteiger partial charge in [0.15, 0.2) is 5.58 Å². The highest BCUT2D eigenvalue weighted by atomic mass is 16.5. The number of nitrogens with one attached hydrogen (secondary N) is 1. The smallest absolute Gasteiger partial charge is 0.321 e. The van der Waals surface area contributed by atoms with Crippen LogP contribution in [0.4, 0.5) is 10.5 Å². The second-order valence-corrected chi connectivity index (χ2v) is 6.21. The molecule has 5 heteroatoms. The predicted molar refractivity (Wildman–Crippen MR) is 90.8 cm³/mol. The first-order valence-corrected chi connectivity index (χ1v) is 8.26. The number of carbonyl (C=O) groups excluding carboxylic acids is 1. The van der Waals surface area contributed by atoms with E-state index in [2.05, 4.69) is 5.32 Å². The lowest BCUT2D eigenvalue weighted by Gasteiger charge is -2.19. The van der Waals surface area contributed by atoms with Crippen molar-refractivity contribution < 1.29 is 13.9 Å². The van der Waals surface area contributed by atoms with Gasteiger partial charge in [0.05, 0.1) is 11.8 Å². The van der Waals surface area contributed by atoms with Crippen LogP contribution in [-0.2, 0) is 4.74 Å². The van der Waals surface area contributed by atoms with Crippen LogP contribution in [0.15, 0.2) is 28.7 Å². The first-order chi connectivity index (χ1) is 11.1. The van der Waals surface area contributed by atoms with Crippen LogP contribution in [0.5, 0.6) is 0 Å². The van der Waals surface area contributed by atoms with E-state index in [1.165, 1.54) is 0 Å². The average molecular weight is 316 g/mol. The molecule has 2 aromatic rings. The second kappa shape index (κ2) is 7.04. The van der Waals surface area contributed by atoms with Crippen molar-refractivity contribution in [1.82, 2.24) is 4.90 Å². The fraction of sp³-hybridized carbons (Fsp3) is 0.500. The molecule has 1 atom stereocenters. The summed E-state index contributed by atoms with van der Waals surface area (Å²) in [7, 11) is 1.82. The highest BCUT2D eigenvalue weighted by Gasteiger charge is 2.16. The van der Waals surface area contributed by atoms with Crippen LogP contribution in [-0.4, -0.2) is 37.2 Å². The number of ether oxygens (including phenoxy) is 1. The fourth-order valence-electron chi connectivity index (χ4n) is 3.03. The molecule has 2 amide bonds. The van der Waals surface area contributed by atoms with Crippen molar-refractivity contribution >= 4 is 22.7 Å². The molecule has 1 unspecified atom stereocenters. The zero-order valence-electron chi connectivity index (χ0n) is 13.8. The summed E-state index contributed by atoms with van der Waals surface area (Å²) in [5.41, 5.74) is 1.44. The van der Waals surface area contributed by atoms with Gasteiger partial charge in [0.2, 0.25) is 0 Å². The molecule has 0 saturated carbocycles. The largest absolute Gasteiger partial charge is 0.459 e. The molecule has 124 valence electrons. The maximum absolute atomic E-state index is 12.3. The maximum Gasteiger partial charge on any atom is 0.321 e. The molecule has 3 rings (SSSR count). The Hall–Kier alpha value is -2.01. The molecule has 1 saturated heterocycles. The number of furan rings is 1. The zero-order chi connectivity index (χ0) is 16.2. The van der Waals surface area contributed by atoms with E-state index in [1.807, 2.05) is 38.2 Å². The Labute approximate surface area is 136 Å². The molecule has 1 aromatic heterocycles. The summed E-state index contributed by atoms with van der Waals surface area (Å²) in [4.78, 5) is 14.0. The van der Waals surface area contributed by atoms with E-state index in [0.29, 0.717) is 11.8 Å². The molecule has 1 aliphatic rings. The monoisotopic (exact) mass is 316 g/mol. The molecule has 1 fully saturated rings. The molecule has 0 bridgehead atoms. The van der Waals surface area contributed by atoms with Gasteiger partial charge in [0.1, 0.15) is 5.76 Å². The van der Waals surface area contributed by atoms with E-state index in [9.17, 15) is 4.79 Å². The highest BCUT2D eigenvalue weighted by molar-refractivity contribution is 5.98. The fourth-order valence-corrected chi connectivity index (χ4v) is 3.03. The van der Waals surface area contributed by atoms with Gasteiger partial charge in [-0.25, -0.2) is 4.79 Å². The van der Waals surface area contributed by atoms with Crippen LogP contribution >= 0.6 is 0 Å². The number of rotatable bonds is 5. The van der Waals surface area contributed by atoms with Crippen molar-refractivity contribution in [2.45, 2.75) is 38.7 Å². The van der Waals surface area contributed by atoms with Crippen LogP contribution < -0.4 is 5.32 Å². The van der Waals surface area contributed by atoms with Gasteiger partial charge >= 0.3 is 6.03 Å². The number of hydrogen-bond acceptors (Lipinski definition) is 3. The third-order valence-electron chi connectivity index (χ3n) is 4.30. The number of carbonyl (C=O) groups is 1. The van der Waals surface area contributed by atoms with Crippen LogP contribution in [0.3, 0.4) is 0 Å². The van der Waals surface area contributed by atoms with Gasteiger partial charge in [-0.1, -0.05) is 12.1 Å². The summed E-state index contributed by atoms with van der Waals surface area (Å²) in [6.07, 6.45) is 4.67. The van der Waals surface area contributed by atoms with E-state index >= 15 is 0 Å². The van der Waals surface area contributed by atoms with E-state index in [1.54, 1.807) is 4.90 Å². The van der Waals surface area contributed by atoms with Crippen molar-refractivity contribution in [3.8, 4) is 0 Å². The van der Waals surface area contributed by atoms with Gasteiger partial charge in [-0.05, 0) is 44.7 Å². The molecule has 23 heavy (non-hydrogen) atoms. The summed E-state index contributed by atoms with van der Waals surface area (Å²) in [6, 6.07) is 7.62. The van der Waals surface area contributed by atoms with Gasteiger partial charge in [-0.2, -0.15) is 0 Å². The number of aryl methyl sites for hydroxylation is 1. The van der Waals surface area contributed by atoms with Crippen molar-refractivity contribution in [3.63, 3.8) is 0 Å². The molecule has 0 spiro atoms. The van der Waals surface area contributed by atoms with E-state index < -0.39 is 0 Å². The summed E-state index contributed by atoms with van der Waals surface area (Å²) in [5.74, 6) is 0.839. The van der Waals surface area contributed by atoms with Gasteiger partial charge in [-0.15, -0.1) is 0 Å². The lowest BCUT2D eigenvalue weighted by atomic mass is 10.1. The number of urea groups is 1. The van der Waals surface area contributed by atoms with Crippen LogP contribution in [0, 0.1) is 6.92 Å². The molecule has 1 aromatic carbocycles. The Balaban J connectivity index is 1.54. The molecule has 2 heterocycles. The Morgan fingerprint density at radius 1 is 1.43 bits per heavy atom. The quantitative estimate of drug-likeness (QED) is 0.901. The normalized spacial score (nSPS) is 17.6. The molecular formula is C18H24N2O3. The number of anilines is 1. The number of nitrogens with zero attached hydrogens (tertiary/aromatic N) is 1. The van der Waals surface area contributed by atoms with Crippen LogP contribution in [0.2, 0.25) is 0 Å². The maximum atomic E-state index is 12.3. The molecule has 1 aliphatic heterocycles. The van der Waals surface area contributed by atoms with Gasteiger partial charge in [-0.3, -0.25) is 0 Å². The molecular weight excluding hydrogens is 292 g/mol.